The summed E-state index contributed by atoms with van der Waals surface area (Å²) in [5, 5.41) is 2.31. The lowest BCUT2D eigenvalue weighted by Crippen LogP contribution is -2.35. The molecule has 31 heavy (non-hydrogen) atoms. The predicted octanol–water partition coefficient (Wildman–Crippen LogP) is 3.08. The van der Waals surface area contributed by atoms with Gasteiger partial charge in [0.05, 0.1) is 11.6 Å². The predicted molar refractivity (Wildman–Crippen MR) is 115 cm³/mol. The molecule has 1 saturated heterocycles. The molecule has 2 N–H and O–H groups in total. The van der Waals surface area contributed by atoms with E-state index in [0.29, 0.717) is 13.1 Å². The van der Waals surface area contributed by atoms with Gasteiger partial charge in [-0.2, -0.15) is 4.31 Å². The summed E-state index contributed by atoms with van der Waals surface area (Å²) in [5.41, 5.74) is 0.438. The molecule has 0 bridgehead atoms. The van der Waals surface area contributed by atoms with Gasteiger partial charge in [0.25, 0.3) is 5.91 Å². The smallest absolute Gasteiger partial charge is 0.270 e. The van der Waals surface area contributed by atoms with Gasteiger partial charge in [-0.15, -0.1) is 0 Å². The third kappa shape index (κ3) is 5.63. The average Bonchev–Trinajstić information content (AvgIpc) is 3.07. The fraction of sp³-hybridized carbons (Fsp3) is 0.400. The van der Waals surface area contributed by atoms with Crippen molar-refractivity contribution in [1.82, 2.24) is 14.2 Å². The number of benzene rings is 1. The first kappa shape index (κ1) is 23.2. The Labute approximate surface area is 185 Å². The maximum atomic E-state index is 13.2. The number of amides is 2. The zero-order chi connectivity index (χ0) is 22.6. The molecule has 0 unspecified atom stereocenters. The van der Waals surface area contributed by atoms with Gasteiger partial charge in [0.2, 0.25) is 15.9 Å². The zero-order valence-corrected chi connectivity index (χ0v) is 18.6. The second-order valence-corrected chi connectivity index (χ2v) is 9.85. The molecule has 2 heterocycles. The number of halogens is 2. The van der Waals surface area contributed by atoms with E-state index in [4.69, 9.17) is 11.6 Å². The SMILES string of the molecule is CN(CC(=O)Nc1ccc(F)c(Cl)c1)S(=O)(=O)c1c[nH]c(C(=O)N2CCCCCC2)c1. The average molecular weight is 471 g/mol. The molecular weight excluding hydrogens is 447 g/mol. The standard InChI is InChI=1S/C20H24ClFN4O4S/c1-25(13-19(27)24-14-6-7-17(22)16(21)10-14)31(29,30)15-11-18(23-12-15)20(28)26-8-4-2-3-5-9-26/h6-7,10-12,23H,2-5,8-9,13H2,1H3,(H,24,27). The van der Waals surface area contributed by atoms with Crippen molar-refractivity contribution < 1.29 is 22.4 Å². The molecular formula is C20H24ClFN4O4S. The van der Waals surface area contributed by atoms with E-state index >= 15 is 0 Å². The van der Waals surface area contributed by atoms with E-state index in [0.717, 1.165) is 36.1 Å². The summed E-state index contributed by atoms with van der Waals surface area (Å²) >= 11 is 5.68. The summed E-state index contributed by atoms with van der Waals surface area (Å²) in [5.74, 6) is -1.49. The van der Waals surface area contributed by atoms with Crippen LogP contribution in [0.2, 0.25) is 5.02 Å². The van der Waals surface area contributed by atoms with Gasteiger partial charge < -0.3 is 15.2 Å². The van der Waals surface area contributed by atoms with Gasteiger partial charge in [0.1, 0.15) is 16.4 Å². The van der Waals surface area contributed by atoms with Crippen LogP contribution < -0.4 is 5.32 Å². The summed E-state index contributed by atoms with van der Waals surface area (Å²) in [6, 6.07) is 4.94. The highest BCUT2D eigenvalue weighted by Crippen LogP contribution is 2.21. The van der Waals surface area contributed by atoms with Crippen LogP contribution in [0.4, 0.5) is 10.1 Å². The lowest BCUT2D eigenvalue weighted by Gasteiger charge is -2.19. The lowest BCUT2D eigenvalue weighted by atomic mass is 10.2. The molecule has 1 aliphatic rings. The van der Waals surface area contributed by atoms with Gasteiger partial charge in [-0.05, 0) is 37.1 Å². The van der Waals surface area contributed by atoms with Gasteiger partial charge in [0, 0.05) is 32.0 Å². The molecule has 0 aliphatic carbocycles. The van der Waals surface area contributed by atoms with E-state index in [-0.39, 0.29) is 27.2 Å². The second kappa shape index (κ2) is 9.80. The van der Waals surface area contributed by atoms with Crippen LogP contribution >= 0.6 is 11.6 Å². The van der Waals surface area contributed by atoms with Crippen molar-refractivity contribution in [3.8, 4) is 0 Å². The fourth-order valence-corrected chi connectivity index (χ4v) is 4.63. The molecule has 0 saturated carbocycles. The summed E-state index contributed by atoms with van der Waals surface area (Å²) in [6.45, 7) is 0.818. The van der Waals surface area contributed by atoms with Crippen LogP contribution in [0, 0.1) is 5.82 Å². The van der Waals surface area contributed by atoms with E-state index in [9.17, 15) is 22.4 Å². The van der Waals surface area contributed by atoms with Crippen LogP contribution in [0.15, 0.2) is 35.4 Å². The summed E-state index contributed by atoms with van der Waals surface area (Å²) in [4.78, 5) is 29.3. The molecule has 168 valence electrons. The molecule has 3 rings (SSSR count). The number of aromatic amines is 1. The zero-order valence-electron chi connectivity index (χ0n) is 17.0. The molecule has 1 aliphatic heterocycles. The Hall–Kier alpha value is -2.43. The van der Waals surface area contributed by atoms with Crippen molar-refractivity contribution in [3.05, 3.63) is 47.0 Å². The quantitative estimate of drug-likeness (QED) is 0.677. The number of H-pyrrole nitrogens is 1. The fourth-order valence-electron chi connectivity index (χ4n) is 3.33. The van der Waals surface area contributed by atoms with Crippen molar-refractivity contribution in [1.29, 1.82) is 0 Å². The minimum atomic E-state index is -4.01. The Balaban J connectivity index is 1.65. The minimum absolute atomic E-state index is 0.106. The number of nitrogens with one attached hydrogen (secondary N) is 2. The van der Waals surface area contributed by atoms with E-state index in [1.54, 1.807) is 4.90 Å². The first-order chi connectivity index (χ1) is 14.7. The Morgan fingerprint density at radius 2 is 1.87 bits per heavy atom. The van der Waals surface area contributed by atoms with Crippen LogP contribution in [0.5, 0.6) is 0 Å². The molecule has 2 aromatic rings. The monoisotopic (exact) mass is 470 g/mol. The third-order valence-electron chi connectivity index (χ3n) is 5.06. The normalized spacial score (nSPS) is 15.0. The van der Waals surface area contributed by atoms with Crippen LogP contribution in [-0.4, -0.2) is 61.1 Å². The second-order valence-electron chi connectivity index (χ2n) is 7.39. The number of hydrogen-bond acceptors (Lipinski definition) is 4. The number of carbonyl (C=O) groups is 2. The number of carbonyl (C=O) groups excluding carboxylic acids is 2. The summed E-state index contributed by atoms with van der Waals surface area (Å²) in [7, 11) is -2.75. The number of likely N-dealkylation sites (tertiary alicyclic amines) is 1. The Kier molecular flexibility index (Phi) is 7.34. The molecule has 1 aromatic heterocycles. The molecule has 11 heteroatoms. The molecule has 0 spiro atoms. The van der Waals surface area contributed by atoms with Gasteiger partial charge in [0.15, 0.2) is 0 Å². The number of aromatic nitrogens is 1. The van der Waals surface area contributed by atoms with Crippen LogP contribution in [0.3, 0.4) is 0 Å². The summed E-state index contributed by atoms with van der Waals surface area (Å²) < 4.78 is 39.7. The Bertz CT molecular complexity index is 1060. The highest BCUT2D eigenvalue weighted by Gasteiger charge is 2.27. The van der Waals surface area contributed by atoms with Crippen LogP contribution in [0.25, 0.3) is 0 Å². The number of likely N-dealkylation sites (N-methyl/N-ethyl adjacent to an activating group) is 1. The van der Waals surface area contributed by atoms with Crippen molar-refractivity contribution in [3.63, 3.8) is 0 Å². The van der Waals surface area contributed by atoms with Gasteiger partial charge in [-0.1, -0.05) is 24.4 Å². The lowest BCUT2D eigenvalue weighted by molar-refractivity contribution is -0.116. The van der Waals surface area contributed by atoms with Crippen molar-refractivity contribution in [2.24, 2.45) is 0 Å². The number of hydrogen-bond donors (Lipinski definition) is 2. The Morgan fingerprint density at radius 1 is 1.19 bits per heavy atom. The molecule has 8 nitrogen and oxygen atoms in total. The van der Waals surface area contributed by atoms with E-state index in [1.165, 1.54) is 31.4 Å². The largest absolute Gasteiger partial charge is 0.356 e. The van der Waals surface area contributed by atoms with Crippen molar-refractivity contribution in [2.45, 2.75) is 30.6 Å². The summed E-state index contributed by atoms with van der Waals surface area (Å²) in [6.07, 6.45) is 5.24. The van der Waals surface area contributed by atoms with Crippen LogP contribution in [-0.2, 0) is 14.8 Å². The van der Waals surface area contributed by atoms with Crippen LogP contribution in [0.1, 0.15) is 36.2 Å². The number of anilines is 1. The van der Waals surface area contributed by atoms with Gasteiger partial charge >= 0.3 is 0 Å². The van der Waals surface area contributed by atoms with E-state index < -0.39 is 28.3 Å². The molecule has 0 atom stereocenters. The van der Waals surface area contributed by atoms with E-state index in [2.05, 4.69) is 10.3 Å². The highest BCUT2D eigenvalue weighted by atomic mass is 35.5. The topological polar surface area (TPSA) is 103 Å². The van der Waals surface area contributed by atoms with Crippen molar-refractivity contribution in [2.75, 3.05) is 32.0 Å². The molecule has 0 radical (unpaired) electrons. The third-order valence-corrected chi connectivity index (χ3v) is 7.13. The number of sulfonamides is 1. The first-order valence-electron chi connectivity index (χ1n) is 9.87. The molecule has 1 fully saturated rings. The first-order valence-corrected chi connectivity index (χ1v) is 11.7. The van der Waals surface area contributed by atoms with Gasteiger partial charge in [-0.3, -0.25) is 9.59 Å². The number of rotatable bonds is 6. The maximum absolute atomic E-state index is 13.2. The molecule has 2 amide bonds. The van der Waals surface area contributed by atoms with Crippen molar-refractivity contribution >= 4 is 39.1 Å². The molecule has 1 aromatic carbocycles. The maximum Gasteiger partial charge on any atom is 0.270 e. The number of nitrogens with zero attached hydrogens (tertiary/aromatic N) is 2. The van der Waals surface area contributed by atoms with Gasteiger partial charge in [-0.25, -0.2) is 12.8 Å². The highest BCUT2D eigenvalue weighted by molar-refractivity contribution is 7.89. The van der Waals surface area contributed by atoms with E-state index in [1.807, 2.05) is 0 Å². The Morgan fingerprint density at radius 3 is 2.52 bits per heavy atom. The minimum Gasteiger partial charge on any atom is -0.356 e.